The van der Waals surface area contributed by atoms with Gasteiger partial charge in [-0.1, -0.05) is 103 Å². The van der Waals surface area contributed by atoms with Gasteiger partial charge in [0.05, 0.1) is 5.69 Å². The van der Waals surface area contributed by atoms with E-state index in [1.165, 1.54) is 27.3 Å². The average Bonchev–Trinajstić information content (AvgIpc) is 3.38. The highest BCUT2D eigenvalue weighted by Gasteiger charge is 2.18. The zero-order chi connectivity index (χ0) is 26.5. The molecule has 0 saturated carbocycles. The molecule has 1 heterocycles. The van der Waals surface area contributed by atoms with E-state index in [1.807, 2.05) is 12.1 Å². The molecular weight excluding hydrogens is 486 g/mol. The van der Waals surface area contributed by atoms with E-state index in [0.717, 1.165) is 44.4 Å². The van der Waals surface area contributed by atoms with E-state index < -0.39 is 0 Å². The van der Waals surface area contributed by atoms with Crippen LogP contribution >= 0.6 is 0 Å². The minimum absolute atomic E-state index is 0.910. The highest BCUT2D eigenvalue weighted by molar-refractivity contribution is 6.10. The quantitative estimate of drug-likeness (QED) is 0.234. The summed E-state index contributed by atoms with van der Waals surface area (Å²) in [4.78, 5) is 2.37. The van der Waals surface area contributed by atoms with Crippen LogP contribution in [-0.2, 0) is 0 Å². The van der Waals surface area contributed by atoms with Gasteiger partial charge in [0.15, 0.2) is 0 Å². The molecule has 0 aliphatic rings. The van der Waals surface area contributed by atoms with Crippen LogP contribution in [0.15, 0.2) is 156 Å². The fraction of sp³-hybridized carbons (Fsp3) is 0. The van der Waals surface area contributed by atoms with Gasteiger partial charge < -0.3 is 9.32 Å². The SMILES string of the molecule is c1ccc(-c2ccccc2N(c2ccc3ccccc3c2)c2ccc3cc4c(cc3c2)oc2ccccc24)cc1. The first-order chi connectivity index (χ1) is 19.8. The highest BCUT2D eigenvalue weighted by Crippen LogP contribution is 2.43. The number of benzene rings is 7. The van der Waals surface area contributed by atoms with Crippen molar-refractivity contribution in [2.45, 2.75) is 0 Å². The normalized spacial score (nSPS) is 11.5. The van der Waals surface area contributed by atoms with Crippen LogP contribution < -0.4 is 4.90 Å². The van der Waals surface area contributed by atoms with Crippen molar-refractivity contribution in [2.24, 2.45) is 0 Å². The van der Waals surface area contributed by atoms with E-state index in [4.69, 9.17) is 4.42 Å². The van der Waals surface area contributed by atoms with Crippen molar-refractivity contribution >= 4 is 60.5 Å². The van der Waals surface area contributed by atoms with Crippen molar-refractivity contribution in [2.75, 3.05) is 4.90 Å². The van der Waals surface area contributed by atoms with Crippen molar-refractivity contribution in [1.29, 1.82) is 0 Å². The summed E-state index contributed by atoms with van der Waals surface area (Å²) in [7, 11) is 0. The fourth-order valence-corrected chi connectivity index (χ4v) is 5.87. The largest absolute Gasteiger partial charge is 0.456 e. The van der Waals surface area contributed by atoms with Gasteiger partial charge in [-0.25, -0.2) is 0 Å². The van der Waals surface area contributed by atoms with Crippen molar-refractivity contribution < 1.29 is 4.42 Å². The third-order valence-corrected chi connectivity index (χ3v) is 7.80. The molecule has 2 nitrogen and oxygen atoms in total. The summed E-state index contributed by atoms with van der Waals surface area (Å²) in [5.74, 6) is 0. The van der Waals surface area contributed by atoms with Gasteiger partial charge in [-0.05, 0) is 75.6 Å². The lowest BCUT2D eigenvalue weighted by Gasteiger charge is -2.28. The molecule has 0 saturated heterocycles. The molecule has 0 spiro atoms. The van der Waals surface area contributed by atoms with Gasteiger partial charge in [0, 0.05) is 27.7 Å². The van der Waals surface area contributed by atoms with Crippen LogP contribution in [0.25, 0.3) is 54.6 Å². The summed E-state index contributed by atoms with van der Waals surface area (Å²) in [5.41, 5.74) is 7.55. The van der Waals surface area contributed by atoms with E-state index in [-0.39, 0.29) is 0 Å². The number of anilines is 3. The lowest BCUT2D eigenvalue weighted by Crippen LogP contribution is -2.11. The van der Waals surface area contributed by atoms with Crippen LogP contribution in [0.2, 0.25) is 0 Å². The number of hydrogen-bond acceptors (Lipinski definition) is 2. The van der Waals surface area contributed by atoms with Gasteiger partial charge in [0.1, 0.15) is 11.2 Å². The van der Waals surface area contributed by atoms with E-state index >= 15 is 0 Å². The Morgan fingerprint density at radius 2 is 1.05 bits per heavy atom. The van der Waals surface area contributed by atoms with E-state index in [2.05, 4.69) is 144 Å². The molecule has 0 fully saturated rings. The number of fused-ring (bicyclic) bond motifs is 5. The summed E-state index contributed by atoms with van der Waals surface area (Å²) < 4.78 is 6.24. The third-order valence-electron chi connectivity index (χ3n) is 7.80. The molecule has 8 rings (SSSR count). The summed E-state index contributed by atoms with van der Waals surface area (Å²) in [5, 5.41) is 7.08. The van der Waals surface area contributed by atoms with Gasteiger partial charge in [-0.15, -0.1) is 0 Å². The van der Waals surface area contributed by atoms with Gasteiger partial charge in [-0.3, -0.25) is 0 Å². The Morgan fingerprint density at radius 1 is 0.400 bits per heavy atom. The van der Waals surface area contributed by atoms with Gasteiger partial charge in [0.2, 0.25) is 0 Å². The maximum atomic E-state index is 6.24. The summed E-state index contributed by atoms with van der Waals surface area (Å²) in [6.07, 6.45) is 0. The van der Waals surface area contributed by atoms with Gasteiger partial charge >= 0.3 is 0 Å². The molecule has 0 aliphatic carbocycles. The van der Waals surface area contributed by atoms with Crippen molar-refractivity contribution in [3.05, 3.63) is 152 Å². The second kappa shape index (κ2) is 9.14. The first-order valence-corrected chi connectivity index (χ1v) is 13.6. The number of hydrogen-bond donors (Lipinski definition) is 0. The Kier molecular flexibility index (Phi) is 5.17. The highest BCUT2D eigenvalue weighted by atomic mass is 16.3. The Labute approximate surface area is 232 Å². The van der Waals surface area contributed by atoms with Crippen LogP contribution in [-0.4, -0.2) is 0 Å². The Hall–Kier alpha value is -5.34. The molecule has 0 radical (unpaired) electrons. The van der Waals surface area contributed by atoms with Crippen LogP contribution in [0.1, 0.15) is 0 Å². The minimum atomic E-state index is 0.910. The van der Waals surface area contributed by atoms with E-state index in [1.54, 1.807) is 0 Å². The van der Waals surface area contributed by atoms with Crippen LogP contribution in [0.3, 0.4) is 0 Å². The summed E-state index contributed by atoms with van der Waals surface area (Å²) in [6, 6.07) is 53.9. The molecule has 7 aromatic carbocycles. The van der Waals surface area contributed by atoms with Gasteiger partial charge in [0.25, 0.3) is 0 Å². The summed E-state index contributed by atoms with van der Waals surface area (Å²) >= 11 is 0. The molecule has 188 valence electrons. The molecule has 0 aliphatic heterocycles. The summed E-state index contributed by atoms with van der Waals surface area (Å²) in [6.45, 7) is 0. The maximum Gasteiger partial charge on any atom is 0.136 e. The average molecular weight is 512 g/mol. The molecule has 40 heavy (non-hydrogen) atoms. The predicted octanol–water partition coefficient (Wildman–Crippen LogP) is 11.0. The molecule has 8 aromatic rings. The lowest BCUT2D eigenvalue weighted by atomic mass is 10.0. The first-order valence-electron chi connectivity index (χ1n) is 13.6. The number of rotatable bonds is 4. The van der Waals surface area contributed by atoms with Gasteiger partial charge in [-0.2, -0.15) is 0 Å². The predicted molar refractivity (Wildman–Crippen MR) is 169 cm³/mol. The molecule has 0 amide bonds. The monoisotopic (exact) mass is 511 g/mol. The zero-order valence-electron chi connectivity index (χ0n) is 21.8. The number of furan rings is 1. The Bertz CT molecular complexity index is 2170. The molecule has 0 N–H and O–H groups in total. The molecule has 0 unspecified atom stereocenters. The topological polar surface area (TPSA) is 16.4 Å². The molecule has 0 bridgehead atoms. The fourth-order valence-electron chi connectivity index (χ4n) is 5.87. The van der Waals surface area contributed by atoms with Crippen LogP contribution in [0.4, 0.5) is 17.1 Å². The van der Waals surface area contributed by atoms with Crippen molar-refractivity contribution in [3.8, 4) is 11.1 Å². The van der Waals surface area contributed by atoms with Crippen molar-refractivity contribution in [1.82, 2.24) is 0 Å². The second-order valence-electron chi connectivity index (χ2n) is 10.2. The molecule has 2 heteroatoms. The van der Waals surface area contributed by atoms with E-state index in [9.17, 15) is 0 Å². The third kappa shape index (κ3) is 3.73. The van der Waals surface area contributed by atoms with Crippen LogP contribution in [0, 0.1) is 0 Å². The van der Waals surface area contributed by atoms with E-state index in [0.29, 0.717) is 0 Å². The molecular formula is C38H25NO. The Morgan fingerprint density at radius 3 is 1.93 bits per heavy atom. The second-order valence-corrected chi connectivity index (χ2v) is 10.2. The van der Waals surface area contributed by atoms with Crippen LogP contribution in [0.5, 0.6) is 0 Å². The first kappa shape index (κ1) is 22.6. The molecule has 0 atom stereocenters. The lowest BCUT2D eigenvalue weighted by molar-refractivity contribution is 0.669. The number of nitrogens with zero attached hydrogens (tertiary/aromatic N) is 1. The number of para-hydroxylation sites is 2. The smallest absolute Gasteiger partial charge is 0.136 e. The zero-order valence-corrected chi connectivity index (χ0v) is 21.8. The standard InChI is InChI=1S/C38H25NO/c1-2-11-27(12-3-1)33-14-6-8-16-36(33)39(31-20-18-26-10-4-5-13-28(26)22-31)32-21-19-29-24-35-34-15-7-9-17-37(34)40-38(35)25-30(29)23-32/h1-25H. The minimum Gasteiger partial charge on any atom is -0.456 e. The maximum absolute atomic E-state index is 6.24. The Balaban J connectivity index is 1.37. The molecule has 1 aromatic heterocycles. The van der Waals surface area contributed by atoms with Crippen molar-refractivity contribution in [3.63, 3.8) is 0 Å².